The molecule has 0 aliphatic carbocycles. The molecule has 0 saturated carbocycles. The van der Waals surface area contributed by atoms with E-state index in [-0.39, 0.29) is 10.6 Å². The van der Waals surface area contributed by atoms with Crippen molar-refractivity contribution >= 4 is 15.7 Å². The maximum atomic E-state index is 11.1. The number of sulfonamides is 1. The van der Waals surface area contributed by atoms with Crippen LogP contribution in [0.3, 0.4) is 0 Å². The molecule has 0 aliphatic rings. The number of anilines is 1. The Morgan fingerprint density at radius 1 is 1.31 bits per heavy atom. The number of hydrogen-bond donors (Lipinski definition) is 2. The predicted molar refractivity (Wildman–Crippen MR) is 63.0 cm³/mol. The number of phenols is 1. The van der Waals surface area contributed by atoms with Crippen molar-refractivity contribution in [2.75, 3.05) is 18.0 Å². The second-order valence-corrected chi connectivity index (χ2v) is 4.90. The zero-order chi connectivity index (χ0) is 12.3. The molecule has 1 rings (SSSR count). The van der Waals surface area contributed by atoms with Gasteiger partial charge in [-0.25, -0.2) is 13.6 Å². The minimum Gasteiger partial charge on any atom is -0.506 e. The molecule has 0 spiro atoms. The molecule has 5 nitrogen and oxygen atoms in total. The minimum absolute atomic E-state index is 0.247. The van der Waals surface area contributed by atoms with Crippen LogP contribution in [0, 0.1) is 0 Å². The topological polar surface area (TPSA) is 83.6 Å². The van der Waals surface area contributed by atoms with Crippen molar-refractivity contribution in [2.45, 2.75) is 18.7 Å². The normalized spacial score (nSPS) is 11.4. The van der Waals surface area contributed by atoms with Gasteiger partial charge in [-0.15, -0.1) is 0 Å². The van der Waals surface area contributed by atoms with Crippen molar-refractivity contribution in [3.05, 3.63) is 18.2 Å². The molecule has 1 aromatic carbocycles. The molecule has 6 heteroatoms. The summed E-state index contributed by atoms with van der Waals surface area (Å²) in [6.45, 7) is 5.53. The summed E-state index contributed by atoms with van der Waals surface area (Å²) in [5.41, 5.74) is 0.773. The van der Waals surface area contributed by atoms with Gasteiger partial charge in [0.1, 0.15) is 10.6 Å². The second kappa shape index (κ2) is 4.71. The third-order valence-electron chi connectivity index (χ3n) is 2.38. The van der Waals surface area contributed by atoms with Crippen LogP contribution in [0.25, 0.3) is 0 Å². The highest BCUT2D eigenvalue weighted by Crippen LogP contribution is 2.27. The maximum Gasteiger partial charge on any atom is 0.241 e. The van der Waals surface area contributed by atoms with Gasteiger partial charge in [0.05, 0.1) is 0 Å². The van der Waals surface area contributed by atoms with Gasteiger partial charge in [0.25, 0.3) is 0 Å². The van der Waals surface area contributed by atoms with E-state index in [1.165, 1.54) is 12.1 Å². The largest absolute Gasteiger partial charge is 0.506 e. The average Bonchev–Trinajstić information content (AvgIpc) is 2.17. The average molecular weight is 244 g/mol. The number of phenolic OH excluding ortho intramolecular Hbond substituents is 1. The lowest BCUT2D eigenvalue weighted by molar-refractivity contribution is 0.459. The van der Waals surface area contributed by atoms with Crippen LogP contribution < -0.4 is 10.0 Å². The summed E-state index contributed by atoms with van der Waals surface area (Å²) >= 11 is 0. The Hall–Kier alpha value is -1.27. The van der Waals surface area contributed by atoms with Crippen LogP contribution in [0.2, 0.25) is 0 Å². The predicted octanol–water partition coefficient (Wildman–Crippen LogP) is 0.886. The van der Waals surface area contributed by atoms with Gasteiger partial charge in [-0.1, -0.05) is 0 Å². The summed E-state index contributed by atoms with van der Waals surface area (Å²) in [4.78, 5) is 1.75. The van der Waals surface area contributed by atoms with Crippen LogP contribution in [0.4, 0.5) is 5.69 Å². The van der Waals surface area contributed by atoms with Gasteiger partial charge in [0, 0.05) is 24.8 Å². The molecule has 0 atom stereocenters. The van der Waals surface area contributed by atoms with Gasteiger partial charge in [-0.3, -0.25) is 0 Å². The van der Waals surface area contributed by atoms with Crippen molar-refractivity contribution in [3.8, 4) is 5.75 Å². The van der Waals surface area contributed by atoms with Crippen molar-refractivity contribution < 1.29 is 13.5 Å². The zero-order valence-corrected chi connectivity index (χ0v) is 10.2. The maximum absolute atomic E-state index is 11.1. The van der Waals surface area contributed by atoms with Crippen LogP contribution >= 0.6 is 0 Å². The van der Waals surface area contributed by atoms with E-state index in [9.17, 15) is 13.5 Å². The molecule has 3 N–H and O–H groups in total. The first-order valence-corrected chi connectivity index (χ1v) is 6.55. The summed E-state index contributed by atoms with van der Waals surface area (Å²) in [7, 11) is -3.86. The summed E-state index contributed by atoms with van der Waals surface area (Å²) in [5, 5.41) is 14.5. The fourth-order valence-electron chi connectivity index (χ4n) is 1.53. The molecular formula is C10H16N2O3S. The van der Waals surface area contributed by atoms with Crippen LogP contribution in [0.1, 0.15) is 13.8 Å². The van der Waals surface area contributed by atoms with Crippen LogP contribution in [0.5, 0.6) is 5.75 Å². The Labute approximate surface area is 95.5 Å². The number of benzene rings is 1. The van der Waals surface area contributed by atoms with Gasteiger partial charge >= 0.3 is 0 Å². The lowest BCUT2D eigenvalue weighted by Gasteiger charge is -2.21. The number of rotatable bonds is 4. The molecule has 0 aliphatic heterocycles. The number of nitrogens with zero attached hydrogens (tertiary/aromatic N) is 1. The summed E-state index contributed by atoms with van der Waals surface area (Å²) in [6, 6.07) is 4.36. The van der Waals surface area contributed by atoms with E-state index in [1.807, 2.05) is 18.7 Å². The molecular weight excluding hydrogens is 228 g/mol. The molecule has 0 aromatic heterocycles. The van der Waals surface area contributed by atoms with E-state index < -0.39 is 10.0 Å². The molecule has 0 radical (unpaired) electrons. The van der Waals surface area contributed by atoms with Gasteiger partial charge < -0.3 is 10.0 Å². The highest BCUT2D eigenvalue weighted by Gasteiger charge is 2.14. The first kappa shape index (κ1) is 12.8. The van der Waals surface area contributed by atoms with E-state index in [1.54, 1.807) is 6.07 Å². The Bertz CT molecular complexity index is 467. The zero-order valence-electron chi connectivity index (χ0n) is 9.34. The first-order chi connectivity index (χ1) is 7.40. The lowest BCUT2D eigenvalue weighted by Crippen LogP contribution is -2.22. The van der Waals surface area contributed by atoms with Crippen LogP contribution in [-0.4, -0.2) is 26.6 Å². The summed E-state index contributed by atoms with van der Waals surface area (Å²) < 4.78 is 22.2. The number of nitrogens with two attached hydrogens (primary N) is 1. The van der Waals surface area contributed by atoms with Crippen LogP contribution in [0.15, 0.2) is 23.1 Å². The number of hydrogen-bond acceptors (Lipinski definition) is 4. The molecule has 0 fully saturated rings. The van der Waals surface area contributed by atoms with Crippen LogP contribution in [-0.2, 0) is 10.0 Å². The highest BCUT2D eigenvalue weighted by atomic mass is 32.2. The highest BCUT2D eigenvalue weighted by molar-refractivity contribution is 7.89. The number of aromatic hydroxyl groups is 1. The third-order valence-corrected chi connectivity index (χ3v) is 3.34. The van der Waals surface area contributed by atoms with Gasteiger partial charge in [0.15, 0.2) is 0 Å². The van der Waals surface area contributed by atoms with E-state index in [0.29, 0.717) is 0 Å². The number of primary sulfonamides is 1. The van der Waals surface area contributed by atoms with E-state index in [4.69, 9.17) is 5.14 Å². The third kappa shape index (κ3) is 2.65. The van der Waals surface area contributed by atoms with Crippen molar-refractivity contribution in [3.63, 3.8) is 0 Å². The minimum atomic E-state index is -3.86. The van der Waals surface area contributed by atoms with Crippen molar-refractivity contribution in [1.82, 2.24) is 0 Å². The van der Waals surface area contributed by atoms with E-state index in [2.05, 4.69) is 0 Å². The molecule has 0 bridgehead atoms. The molecule has 0 unspecified atom stereocenters. The lowest BCUT2D eigenvalue weighted by atomic mass is 10.2. The van der Waals surface area contributed by atoms with Gasteiger partial charge in [0.2, 0.25) is 10.0 Å². The quantitative estimate of drug-likeness (QED) is 0.823. The van der Waals surface area contributed by atoms with E-state index >= 15 is 0 Å². The Morgan fingerprint density at radius 3 is 2.25 bits per heavy atom. The van der Waals surface area contributed by atoms with Gasteiger partial charge in [-0.2, -0.15) is 0 Å². The standard InChI is InChI=1S/C10H16N2O3S/c1-3-12(4-2)8-5-6-10(9(13)7-8)16(11,14)15/h5-7,13H,3-4H2,1-2H3,(H2,11,14,15). The Kier molecular flexibility index (Phi) is 3.77. The monoisotopic (exact) mass is 244 g/mol. The van der Waals surface area contributed by atoms with Crippen molar-refractivity contribution in [2.24, 2.45) is 5.14 Å². The summed E-state index contributed by atoms with van der Waals surface area (Å²) in [5.74, 6) is -0.313. The smallest absolute Gasteiger partial charge is 0.241 e. The molecule has 90 valence electrons. The molecule has 0 amide bonds. The SMILES string of the molecule is CCN(CC)c1ccc(S(N)(=O)=O)c(O)c1. The molecule has 0 saturated heterocycles. The molecule has 1 aromatic rings. The van der Waals surface area contributed by atoms with E-state index in [0.717, 1.165) is 18.8 Å². The molecule has 16 heavy (non-hydrogen) atoms. The summed E-state index contributed by atoms with van der Waals surface area (Å²) in [6.07, 6.45) is 0. The Balaban J connectivity index is 3.19. The van der Waals surface area contributed by atoms with Gasteiger partial charge in [-0.05, 0) is 26.0 Å². The fourth-order valence-corrected chi connectivity index (χ4v) is 2.14. The first-order valence-electron chi connectivity index (χ1n) is 5.01. The molecule has 0 heterocycles. The second-order valence-electron chi connectivity index (χ2n) is 3.37. The fraction of sp³-hybridized carbons (Fsp3) is 0.400. The van der Waals surface area contributed by atoms with Crippen molar-refractivity contribution in [1.29, 1.82) is 0 Å². The Morgan fingerprint density at radius 2 is 1.88 bits per heavy atom.